The fourth-order valence-electron chi connectivity index (χ4n) is 2.28. The topological polar surface area (TPSA) is 46.2 Å². The number of aldehydes is 1. The SMILES string of the molecule is CC(c1ccc(Cl)c(Cl)c1)C(C=O)NCC(=O)c1ccccc1. The molecule has 2 unspecified atom stereocenters. The average Bonchev–Trinajstić information content (AvgIpc) is 2.58. The van der Waals surface area contributed by atoms with Crippen molar-refractivity contribution in [2.45, 2.75) is 18.9 Å². The van der Waals surface area contributed by atoms with Gasteiger partial charge in [-0.3, -0.25) is 10.1 Å². The second-order valence-electron chi connectivity index (χ2n) is 5.29. The van der Waals surface area contributed by atoms with Gasteiger partial charge in [0.1, 0.15) is 6.29 Å². The number of carbonyl (C=O) groups excluding carboxylic acids is 2. The number of rotatable bonds is 7. The van der Waals surface area contributed by atoms with Gasteiger partial charge in [-0.1, -0.05) is 66.5 Å². The molecule has 0 aromatic heterocycles. The van der Waals surface area contributed by atoms with Crippen molar-refractivity contribution in [3.05, 3.63) is 69.7 Å². The van der Waals surface area contributed by atoms with Crippen molar-refractivity contribution in [2.24, 2.45) is 0 Å². The predicted octanol–water partition coefficient (Wildman–Crippen LogP) is 4.14. The highest BCUT2D eigenvalue weighted by atomic mass is 35.5. The fourth-order valence-corrected chi connectivity index (χ4v) is 2.59. The minimum Gasteiger partial charge on any atom is -0.302 e. The van der Waals surface area contributed by atoms with Crippen LogP contribution in [0.15, 0.2) is 48.5 Å². The number of benzene rings is 2. The summed E-state index contributed by atoms with van der Waals surface area (Å²) < 4.78 is 0. The zero-order valence-electron chi connectivity index (χ0n) is 12.6. The first kappa shape index (κ1) is 17.7. The minimum absolute atomic E-state index is 0.0567. The van der Waals surface area contributed by atoms with Gasteiger partial charge in [-0.15, -0.1) is 0 Å². The van der Waals surface area contributed by atoms with Crippen LogP contribution in [0, 0.1) is 0 Å². The van der Waals surface area contributed by atoms with Crippen molar-refractivity contribution >= 4 is 35.3 Å². The van der Waals surface area contributed by atoms with E-state index < -0.39 is 6.04 Å². The van der Waals surface area contributed by atoms with Crippen LogP contribution in [0.1, 0.15) is 28.8 Å². The van der Waals surface area contributed by atoms with Crippen LogP contribution in [0.25, 0.3) is 0 Å². The van der Waals surface area contributed by atoms with Gasteiger partial charge < -0.3 is 4.79 Å². The first-order valence-electron chi connectivity index (χ1n) is 7.24. The third-order valence-electron chi connectivity index (χ3n) is 3.75. The van der Waals surface area contributed by atoms with E-state index in [4.69, 9.17) is 23.2 Å². The van der Waals surface area contributed by atoms with Gasteiger partial charge in [0.05, 0.1) is 22.6 Å². The molecule has 5 heteroatoms. The molecule has 2 aromatic carbocycles. The molecule has 0 aliphatic rings. The van der Waals surface area contributed by atoms with E-state index in [9.17, 15) is 9.59 Å². The van der Waals surface area contributed by atoms with Gasteiger partial charge in [0, 0.05) is 11.5 Å². The van der Waals surface area contributed by atoms with Crippen molar-refractivity contribution in [3.63, 3.8) is 0 Å². The molecule has 0 saturated heterocycles. The molecule has 2 aromatic rings. The molecule has 0 bridgehead atoms. The number of halogens is 2. The zero-order valence-corrected chi connectivity index (χ0v) is 14.1. The molecule has 1 N–H and O–H groups in total. The Hall–Kier alpha value is -1.68. The normalized spacial score (nSPS) is 13.3. The van der Waals surface area contributed by atoms with E-state index in [1.165, 1.54) is 0 Å². The Kier molecular flexibility index (Phi) is 6.34. The van der Waals surface area contributed by atoms with Crippen molar-refractivity contribution in [1.29, 1.82) is 0 Å². The first-order chi connectivity index (χ1) is 11.0. The Bertz CT molecular complexity index is 689. The lowest BCUT2D eigenvalue weighted by atomic mass is 9.94. The van der Waals surface area contributed by atoms with E-state index >= 15 is 0 Å². The summed E-state index contributed by atoms with van der Waals surface area (Å²) in [5, 5.41) is 3.92. The maximum Gasteiger partial charge on any atom is 0.176 e. The maximum atomic E-state index is 12.1. The third-order valence-corrected chi connectivity index (χ3v) is 4.49. The lowest BCUT2D eigenvalue weighted by Gasteiger charge is -2.20. The number of hydrogen-bond donors (Lipinski definition) is 1. The minimum atomic E-state index is -0.486. The van der Waals surface area contributed by atoms with Crippen LogP contribution in [0.2, 0.25) is 10.0 Å². The number of hydrogen-bond acceptors (Lipinski definition) is 3. The van der Waals surface area contributed by atoms with E-state index in [1.807, 2.05) is 31.2 Å². The largest absolute Gasteiger partial charge is 0.302 e. The highest BCUT2D eigenvalue weighted by Crippen LogP contribution is 2.27. The standard InChI is InChI=1S/C18H17Cl2NO2/c1-12(14-7-8-15(19)16(20)9-14)17(11-22)21-10-18(23)13-5-3-2-4-6-13/h2-9,11-12,17,21H,10H2,1H3. The molecule has 0 fully saturated rings. The van der Waals surface area contributed by atoms with Crippen LogP contribution in [0.3, 0.4) is 0 Å². The van der Waals surface area contributed by atoms with Gasteiger partial charge in [0.25, 0.3) is 0 Å². The highest BCUT2D eigenvalue weighted by Gasteiger charge is 2.20. The molecule has 0 saturated carbocycles. The van der Waals surface area contributed by atoms with E-state index in [0.29, 0.717) is 15.6 Å². The molecular weight excluding hydrogens is 333 g/mol. The summed E-state index contributed by atoms with van der Waals surface area (Å²) in [6.45, 7) is 2.00. The van der Waals surface area contributed by atoms with Crippen LogP contribution in [0.4, 0.5) is 0 Å². The van der Waals surface area contributed by atoms with Gasteiger partial charge >= 0.3 is 0 Å². The number of Topliss-reactive ketones (excluding diaryl/α,β-unsaturated/α-hetero) is 1. The van der Waals surface area contributed by atoms with E-state index in [1.54, 1.807) is 24.3 Å². The second kappa shape index (κ2) is 8.25. The van der Waals surface area contributed by atoms with Crippen molar-refractivity contribution in [3.8, 4) is 0 Å². The third kappa shape index (κ3) is 4.64. The summed E-state index contributed by atoms with van der Waals surface area (Å²) in [5.41, 5.74) is 1.50. The van der Waals surface area contributed by atoms with Gasteiger partial charge in [0.15, 0.2) is 5.78 Å². The van der Waals surface area contributed by atoms with Crippen molar-refractivity contribution < 1.29 is 9.59 Å². The number of nitrogens with one attached hydrogen (secondary N) is 1. The average molecular weight is 350 g/mol. The zero-order chi connectivity index (χ0) is 16.8. The van der Waals surface area contributed by atoms with Crippen LogP contribution in [-0.4, -0.2) is 24.7 Å². The molecule has 0 radical (unpaired) electrons. The van der Waals surface area contributed by atoms with E-state index in [-0.39, 0.29) is 18.2 Å². The van der Waals surface area contributed by atoms with E-state index in [2.05, 4.69) is 5.32 Å². The summed E-state index contributed by atoms with van der Waals surface area (Å²) >= 11 is 11.9. The summed E-state index contributed by atoms with van der Waals surface area (Å²) in [4.78, 5) is 23.5. The molecule has 0 amide bonds. The first-order valence-corrected chi connectivity index (χ1v) is 8.00. The summed E-state index contributed by atoms with van der Waals surface area (Å²) in [6, 6.07) is 13.8. The molecule has 23 heavy (non-hydrogen) atoms. The summed E-state index contributed by atoms with van der Waals surface area (Å²) in [6.07, 6.45) is 0.811. The van der Waals surface area contributed by atoms with Crippen molar-refractivity contribution in [2.75, 3.05) is 6.54 Å². The molecule has 0 aliphatic carbocycles. The molecule has 0 aliphatic heterocycles. The predicted molar refractivity (Wildman–Crippen MR) is 93.5 cm³/mol. The molecule has 0 heterocycles. The van der Waals surface area contributed by atoms with Gasteiger partial charge in [-0.25, -0.2) is 0 Å². The lowest BCUT2D eigenvalue weighted by Crippen LogP contribution is -2.38. The molecule has 2 rings (SSSR count). The number of ketones is 1. The van der Waals surface area contributed by atoms with Gasteiger partial charge in [-0.05, 0) is 17.7 Å². The molecule has 3 nitrogen and oxygen atoms in total. The Labute approximate surface area is 145 Å². The van der Waals surface area contributed by atoms with Crippen LogP contribution in [0.5, 0.6) is 0 Å². The maximum absolute atomic E-state index is 12.1. The monoisotopic (exact) mass is 349 g/mol. The van der Waals surface area contributed by atoms with E-state index in [0.717, 1.165) is 11.8 Å². The Morgan fingerprint density at radius 2 is 1.83 bits per heavy atom. The van der Waals surface area contributed by atoms with Crippen molar-refractivity contribution in [1.82, 2.24) is 5.32 Å². The number of carbonyl (C=O) groups is 2. The molecular formula is C18H17Cl2NO2. The molecule has 0 spiro atoms. The Morgan fingerprint density at radius 3 is 2.43 bits per heavy atom. The van der Waals surface area contributed by atoms with Gasteiger partial charge in [-0.2, -0.15) is 0 Å². The molecule has 120 valence electrons. The highest BCUT2D eigenvalue weighted by molar-refractivity contribution is 6.42. The van der Waals surface area contributed by atoms with Crippen LogP contribution >= 0.6 is 23.2 Å². The van der Waals surface area contributed by atoms with Gasteiger partial charge in [0.2, 0.25) is 0 Å². The van der Waals surface area contributed by atoms with Crippen LogP contribution < -0.4 is 5.32 Å². The fraction of sp³-hybridized carbons (Fsp3) is 0.222. The second-order valence-corrected chi connectivity index (χ2v) is 6.11. The summed E-state index contributed by atoms with van der Waals surface area (Å²) in [7, 11) is 0. The summed E-state index contributed by atoms with van der Waals surface area (Å²) in [5.74, 6) is -0.190. The smallest absolute Gasteiger partial charge is 0.176 e. The Morgan fingerprint density at radius 1 is 1.13 bits per heavy atom. The Balaban J connectivity index is 2.03. The quantitative estimate of drug-likeness (QED) is 0.603. The molecule has 2 atom stereocenters. The lowest BCUT2D eigenvalue weighted by molar-refractivity contribution is -0.109. The van der Waals surface area contributed by atoms with Crippen LogP contribution in [-0.2, 0) is 4.79 Å².